The molecule has 0 atom stereocenters. The Bertz CT molecular complexity index is 1260. The van der Waals surface area contributed by atoms with E-state index in [0.717, 1.165) is 6.42 Å². The number of carboxylic acids is 1. The monoisotopic (exact) mass is 490 g/mol. The van der Waals surface area contributed by atoms with Crippen LogP contribution in [0.15, 0.2) is 67.2 Å². The number of benzene rings is 1. The van der Waals surface area contributed by atoms with Crippen molar-refractivity contribution in [3.8, 4) is 22.6 Å². The van der Waals surface area contributed by atoms with Crippen LogP contribution in [0.4, 0.5) is 4.39 Å². The van der Waals surface area contributed by atoms with Gasteiger partial charge in [0.05, 0.1) is 17.8 Å². The van der Waals surface area contributed by atoms with Gasteiger partial charge in [-0.05, 0) is 36.8 Å². The summed E-state index contributed by atoms with van der Waals surface area (Å²) in [7, 11) is 0. The van der Waals surface area contributed by atoms with E-state index < -0.39 is 24.6 Å². The summed E-state index contributed by atoms with van der Waals surface area (Å²) in [4.78, 5) is 48.1. The minimum absolute atomic E-state index is 0.00554. The van der Waals surface area contributed by atoms with Gasteiger partial charge in [-0.3, -0.25) is 14.4 Å². The van der Waals surface area contributed by atoms with E-state index in [1.54, 1.807) is 24.4 Å². The molecule has 1 N–H and O–H groups in total. The zero-order valence-electron chi connectivity index (χ0n) is 19.9. The number of carboxylic acid groups (broad SMARTS) is 1. The second-order valence-corrected chi connectivity index (χ2v) is 8.02. The van der Waals surface area contributed by atoms with Crippen molar-refractivity contribution in [1.29, 1.82) is 0 Å². The highest BCUT2D eigenvalue weighted by Gasteiger charge is 2.22. The van der Waals surface area contributed by atoms with Gasteiger partial charge in [0.1, 0.15) is 35.9 Å². The number of carbonyl (C=O) groups is 3. The largest absolute Gasteiger partial charge is 0.481 e. The van der Waals surface area contributed by atoms with Crippen molar-refractivity contribution in [1.82, 2.24) is 19.5 Å². The average molecular weight is 491 g/mol. The Labute approximate surface area is 208 Å². The third-order valence-electron chi connectivity index (χ3n) is 5.27. The van der Waals surface area contributed by atoms with Crippen molar-refractivity contribution < 1.29 is 23.9 Å². The molecule has 0 saturated carbocycles. The predicted molar refractivity (Wildman–Crippen MR) is 132 cm³/mol. The van der Waals surface area contributed by atoms with Crippen LogP contribution in [0.25, 0.3) is 22.6 Å². The average Bonchev–Trinajstić information content (AvgIpc) is 3.21. The number of carbonyl (C=O) groups excluding carboxylic acids is 2. The lowest BCUT2D eigenvalue weighted by atomic mass is 10.1. The normalized spacial score (nSPS) is 11.4. The summed E-state index contributed by atoms with van der Waals surface area (Å²) in [6.45, 7) is 2.25. The number of aliphatic carboxylic acids is 1. The minimum Gasteiger partial charge on any atom is -0.481 e. The van der Waals surface area contributed by atoms with Gasteiger partial charge in [-0.1, -0.05) is 31.2 Å². The molecule has 2 heterocycles. The predicted octanol–water partition coefficient (Wildman–Crippen LogP) is 4.60. The third kappa shape index (κ3) is 7.36. The fraction of sp³-hybridized carbons (Fsp3) is 0.259. The zero-order valence-corrected chi connectivity index (χ0v) is 19.9. The molecule has 0 saturated heterocycles. The molecule has 0 aliphatic carbocycles. The van der Waals surface area contributed by atoms with E-state index in [4.69, 9.17) is 10.1 Å². The van der Waals surface area contributed by atoms with E-state index in [0.29, 0.717) is 34.9 Å². The highest BCUT2D eigenvalue weighted by atomic mass is 19.1. The Balaban J connectivity index is 2.01. The highest BCUT2D eigenvalue weighted by Crippen LogP contribution is 2.32. The quantitative estimate of drug-likeness (QED) is 0.275. The minimum atomic E-state index is -1.26. The molecule has 0 unspecified atom stereocenters. The summed E-state index contributed by atoms with van der Waals surface area (Å²) in [5.41, 5.74) is 2.48. The van der Waals surface area contributed by atoms with Crippen LogP contribution >= 0.6 is 0 Å². The number of imidazole rings is 1. The van der Waals surface area contributed by atoms with Crippen LogP contribution in [0.2, 0.25) is 0 Å². The maximum atomic E-state index is 13.7. The Hall–Kier alpha value is -4.27. The first-order chi connectivity index (χ1) is 17.4. The maximum Gasteiger partial charge on any atom is 0.310 e. The number of hydrogen-bond acceptors (Lipinski definition) is 6. The van der Waals surface area contributed by atoms with Crippen molar-refractivity contribution in [3.63, 3.8) is 0 Å². The van der Waals surface area contributed by atoms with Crippen LogP contribution in [-0.4, -0.2) is 42.2 Å². The molecule has 2 aromatic heterocycles. The molecule has 3 aromatic rings. The van der Waals surface area contributed by atoms with Crippen molar-refractivity contribution in [3.05, 3.63) is 78.8 Å². The lowest BCUT2D eigenvalue weighted by Crippen LogP contribution is -2.15. The van der Waals surface area contributed by atoms with Gasteiger partial charge in [-0.2, -0.15) is 0 Å². The Morgan fingerprint density at radius 2 is 1.78 bits per heavy atom. The molecule has 0 bridgehead atoms. The third-order valence-corrected chi connectivity index (χ3v) is 5.27. The van der Waals surface area contributed by atoms with E-state index in [1.807, 2.05) is 35.8 Å². The summed E-state index contributed by atoms with van der Waals surface area (Å²) in [6.07, 6.45) is 11.1. The van der Waals surface area contributed by atoms with E-state index >= 15 is 0 Å². The summed E-state index contributed by atoms with van der Waals surface area (Å²) in [5.74, 6) is -1.98. The lowest BCUT2D eigenvalue weighted by molar-refractivity contribution is -0.140. The fourth-order valence-corrected chi connectivity index (χ4v) is 3.65. The highest BCUT2D eigenvalue weighted by molar-refractivity contribution is 6.05. The van der Waals surface area contributed by atoms with Gasteiger partial charge in [0.25, 0.3) is 0 Å². The van der Waals surface area contributed by atoms with Crippen LogP contribution < -0.4 is 0 Å². The molecule has 3 rings (SSSR count). The van der Waals surface area contributed by atoms with Gasteiger partial charge in [-0.15, -0.1) is 0 Å². The molecule has 1 aromatic carbocycles. The van der Waals surface area contributed by atoms with Crippen LogP contribution in [0.3, 0.4) is 0 Å². The molecule has 186 valence electrons. The molecule has 9 heteroatoms. The fourth-order valence-electron chi connectivity index (χ4n) is 3.65. The molecule has 36 heavy (non-hydrogen) atoms. The number of Topliss-reactive ketones (excluding diaryl/α,β-unsaturated/α-hetero) is 2. The number of hydrogen-bond donors (Lipinski definition) is 1. The first kappa shape index (κ1) is 26.3. The number of allylic oxidation sites excluding steroid dienone is 4. The van der Waals surface area contributed by atoms with Gasteiger partial charge in [0.15, 0.2) is 5.78 Å². The van der Waals surface area contributed by atoms with Gasteiger partial charge in [0.2, 0.25) is 0 Å². The van der Waals surface area contributed by atoms with Crippen LogP contribution in [-0.2, 0) is 27.3 Å². The van der Waals surface area contributed by atoms with Crippen molar-refractivity contribution in [2.75, 3.05) is 0 Å². The summed E-state index contributed by atoms with van der Waals surface area (Å²) in [6, 6.07) is 7.69. The SMILES string of the molecule is CC/C=C\C=C/Cc1nc(-c2ccncn2)c(-c2ccc(F)cc2)n1CCC(=O)CC(=O)CC(=O)O. The maximum absolute atomic E-state index is 13.7. The van der Waals surface area contributed by atoms with Crippen LogP contribution in [0.5, 0.6) is 0 Å². The van der Waals surface area contributed by atoms with Crippen molar-refractivity contribution >= 4 is 17.5 Å². The molecule has 0 amide bonds. The first-order valence-electron chi connectivity index (χ1n) is 11.6. The summed E-state index contributed by atoms with van der Waals surface area (Å²) >= 11 is 0. The molecule has 0 aliphatic heterocycles. The Morgan fingerprint density at radius 1 is 1.03 bits per heavy atom. The standard InChI is InChI=1S/C27H27FN4O4/c1-2-3-4-5-6-7-24-31-26(23-12-14-29-18-30-23)27(19-8-10-20(28)11-9-19)32(24)15-13-21(33)16-22(34)17-25(35)36/h3-6,8-12,14,18H,2,7,13,15-17H2,1H3,(H,35,36)/b4-3-,6-5-. The van der Waals surface area contributed by atoms with Gasteiger partial charge >= 0.3 is 5.97 Å². The summed E-state index contributed by atoms with van der Waals surface area (Å²) in [5, 5.41) is 8.78. The van der Waals surface area contributed by atoms with Gasteiger partial charge < -0.3 is 9.67 Å². The van der Waals surface area contributed by atoms with E-state index in [9.17, 15) is 18.8 Å². The number of halogens is 1. The van der Waals surface area contributed by atoms with E-state index in [-0.39, 0.29) is 24.6 Å². The molecule has 8 nitrogen and oxygen atoms in total. The number of nitrogens with zero attached hydrogens (tertiary/aromatic N) is 4. The van der Waals surface area contributed by atoms with E-state index in [2.05, 4.69) is 9.97 Å². The Morgan fingerprint density at radius 3 is 2.44 bits per heavy atom. The topological polar surface area (TPSA) is 115 Å². The molecular weight excluding hydrogens is 463 g/mol. The van der Waals surface area contributed by atoms with Crippen LogP contribution in [0, 0.1) is 5.82 Å². The zero-order chi connectivity index (χ0) is 25.9. The van der Waals surface area contributed by atoms with E-state index in [1.165, 1.54) is 18.5 Å². The second kappa shape index (κ2) is 13.0. The molecule has 0 spiro atoms. The summed E-state index contributed by atoms with van der Waals surface area (Å²) < 4.78 is 15.6. The number of aromatic nitrogens is 4. The number of rotatable bonds is 13. The molecule has 0 radical (unpaired) electrons. The molecule has 0 fully saturated rings. The lowest BCUT2D eigenvalue weighted by Gasteiger charge is -2.12. The van der Waals surface area contributed by atoms with Gasteiger partial charge in [-0.25, -0.2) is 19.3 Å². The second-order valence-electron chi connectivity index (χ2n) is 8.02. The molecular formula is C27H27FN4O4. The first-order valence-corrected chi connectivity index (χ1v) is 11.6. The number of ketones is 2. The van der Waals surface area contributed by atoms with Crippen molar-refractivity contribution in [2.24, 2.45) is 0 Å². The van der Waals surface area contributed by atoms with Crippen LogP contribution in [0.1, 0.15) is 38.4 Å². The Kier molecular flexibility index (Phi) is 9.50. The van der Waals surface area contributed by atoms with Crippen molar-refractivity contribution in [2.45, 2.75) is 45.6 Å². The smallest absolute Gasteiger partial charge is 0.310 e. The van der Waals surface area contributed by atoms with Gasteiger partial charge in [0, 0.05) is 31.1 Å². The molecule has 0 aliphatic rings.